The molecule has 1 N–H and O–H groups in total. The highest BCUT2D eigenvalue weighted by Crippen LogP contribution is 2.47. The first-order chi connectivity index (χ1) is 13.3. The number of sulfonamides is 1. The molecule has 2 aromatic heterocycles. The molecule has 1 saturated heterocycles. The Labute approximate surface area is 177 Å². The van der Waals surface area contributed by atoms with E-state index < -0.39 is 10.0 Å². The van der Waals surface area contributed by atoms with Gasteiger partial charge in [-0.1, -0.05) is 12.1 Å². The highest BCUT2D eigenvalue weighted by atomic mass is 127. The predicted molar refractivity (Wildman–Crippen MR) is 118 cm³/mol. The number of pyridine rings is 1. The van der Waals surface area contributed by atoms with Crippen molar-refractivity contribution in [3.63, 3.8) is 0 Å². The minimum Gasteiger partial charge on any atom is -0.356 e. The number of para-hydroxylation sites is 2. The van der Waals surface area contributed by atoms with Crippen LogP contribution in [0.15, 0.2) is 36.5 Å². The van der Waals surface area contributed by atoms with Crippen molar-refractivity contribution < 1.29 is 8.42 Å². The fraction of sp³-hybridized carbons (Fsp3) is 0.368. The first-order valence-electron chi connectivity index (χ1n) is 9.11. The molecule has 1 aliphatic heterocycles. The standard InChI is InChI=1S/C19H20IN5O2S/c1-24-16-6-4-3-5-15(16)22-19(24)11-7-17(21-8-14(11)20)25-9-12-13(10-25)18(12)23-28(2,26)27/h3-8,12-13,18,23H,9-10H2,1-2H3/t12-,13+,18?. The number of hydrogen-bond acceptors (Lipinski definition) is 5. The monoisotopic (exact) mass is 509 g/mol. The second-order valence-electron chi connectivity index (χ2n) is 7.65. The van der Waals surface area contributed by atoms with Crippen molar-refractivity contribution in [3.05, 3.63) is 40.1 Å². The Morgan fingerprint density at radius 3 is 2.61 bits per heavy atom. The van der Waals surface area contributed by atoms with Crippen molar-refractivity contribution in [1.29, 1.82) is 0 Å². The summed E-state index contributed by atoms with van der Waals surface area (Å²) >= 11 is 2.30. The molecular weight excluding hydrogens is 489 g/mol. The third-order valence-corrected chi connectivity index (χ3v) is 7.30. The number of fused-ring (bicyclic) bond motifs is 2. The lowest BCUT2D eigenvalue weighted by molar-refractivity contribution is 0.576. The smallest absolute Gasteiger partial charge is 0.208 e. The van der Waals surface area contributed by atoms with Gasteiger partial charge in [0.25, 0.3) is 0 Å². The molecule has 0 spiro atoms. The molecule has 1 aromatic carbocycles. The van der Waals surface area contributed by atoms with Crippen LogP contribution in [0, 0.1) is 15.4 Å². The summed E-state index contributed by atoms with van der Waals surface area (Å²) < 4.78 is 28.8. The molecule has 2 fully saturated rings. The molecule has 0 radical (unpaired) electrons. The van der Waals surface area contributed by atoms with E-state index in [1.165, 1.54) is 6.26 Å². The normalized spacial score (nSPS) is 24.0. The Kier molecular flexibility index (Phi) is 4.18. The Balaban J connectivity index is 1.43. The fourth-order valence-electron chi connectivity index (χ4n) is 4.29. The van der Waals surface area contributed by atoms with Gasteiger partial charge in [0.2, 0.25) is 10.0 Å². The lowest BCUT2D eigenvalue weighted by atomic mass is 10.2. The molecule has 7 nitrogen and oxygen atoms in total. The van der Waals surface area contributed by atoms with Crippen LogP contribution in [0.3, 0.4) is 0 Å². The number of hydrogen-bond donors (Lipinski definition) is 1. The number of rotatable bonds is 4. The number of imidazole rings is 1. The maximum atomic E-state index is 11.5. The molecule has 5 rings (SSSR count). The lowest BCUT2D eigenvalue weighted by Crippen LogP contribution is -2.34. The molecule has 1 unspecified atom stereocenters. The van der Waals surface area contributed by atoms with Gasteiger partial charge in [0.15, 0.2) is 0 Å². The number of nitrogens with zero attached hydrogens (tertiary/aromatic N) is 4. The predicted octanol–water partition coefficient (Wildman–Crippen LogP) is 2.22. The largest absolute Gasteiger partial charge is 0.356 e. The fourth-order valence-corrected chi connectivity index (χ4v) is 5.67. The number of aromatic nitrogens is 3. The highest BCUT2D eigenvalue weighted by Gasteiger charge is 2.57. The molecular formula is C19H20IN5O2S. The molecule has 146 valence electrons. The van der Waals surface area contributed by atoms with Crippen molar-refractivity contribution in [3.8, 4) is 11.4 Å². The summed E-state index contributed by atoms with van der Waals surface area (Å²) in [5.41, 5.74) is 3.14. The molecule has 0 bridgehead atoms. The van der Waals surface area contributed by atoms with Crippen molar-refractivity contribution in [2.75, 3.05) is 24.2 Å². The van der Waals surface area contributed by atoms with Crippen LogP contribution in [-0.4, -0.2) is 48.3 Å². The highest BCUT2D eigenvalue weighted by molar-refractivity contribution is 14.1. The minimum absolute atomic E-state index is 0.0782. The van der Waals surface area contributed by atoms with Crippen LogP contribution in [0.1, 0.15) is 0 Å². The first kappa shape index (κ1) is 18.3. The third-order valence-electron chi connectivity index (χ3n) is 5.74. The van der Waals surface area contributed by atoms with Gasteiger partial charge in [-0.3, -0.25) is 0 Å². The summed E-state index contributed by atoms with van der Waals surface area (Å²) in [6, 6.07) is 10.3. The van der Waals surface area contributed by atoms with Gasteiger partial charge >= 0.3 is 0 Å². The zero-order chi connectivity index (χ0) is 19.6. The summed E-state index contributed by atoms with van der Waals surface area (Å²) in [7, 11) is -1.11. The van der Waals surface area contributed by atoms with Crippen molar-refractivity contribution in [2.45, 2.75) is 6.04 Å². The number of piperidine rings is 1. The van der Waals surface area contributed by atoms with E-state index in [1.54, 1.807) is 0 Å². The van der Waals surface area contributed by atoms with Gasteiger partial charge in [-0.2, -0.15) is 0 Å². The van der Waals surface area contributed by atoms with Crippen molar-refractivity contribution >= 4 is 49.5 Å². The van der Waals surface area contributed by atoms with Crippen molar-refractivity contribution in [2.24, 2.45) is 18.9 Å². The van der Waals surface area contributed by atoms with Gasteiger partial charge in [0.05, 0.1) is 17.3 Å². The zero-order valence-corrected chi connectivity index (χ0v) is 18.5. The van der Waals surface area contributed by atoms with E-state index in [0.717, 1.165) is 44.9 Å². The van der Waals surface area contributed by atoms with E-state index >= 15 is 0 Å². The molecule has 1 saturated carbocycles. The zero-order valence-electron chi connectivity index (χ0n) is 15.5. The molecule has 28 heavy (non-hydrogen) atoms. The van der Waals surface area contributed by atoms with Gasteiger partial charge in [-0.25, -0.2) is 23.1 Å². The van der Waals surface area contributed by atoms with Gasteiger partial charge in [0.1, 0.15) is 11.6 Å². The summed E-state index contributed by atoms with van der Waals surface area (Å²) in [4.78, 5) is 11.7. The second kappa shape index (κ2) is 6.39. The topological polar surface area (TPSA) is 80.1 Å². The number of benzene rings is 1. The summed E-state index contributed by atoms with van der Waals surface area (Å²) in [5.74, 6) is 2.59. The Morgan fingerprint density at radius 1 is 1.21 bits per heavy atom. The van der Waals surface area contributed by atoms with Crippen LogP contribution in [0.25, 0.3) is 22.4 Å². The van der Waals surface area contributed by atoms with E-state index in [9.17, 15) is 8.42 Å². The first-order valence-corrected chi connectivity index (χ1v) is 12.1. The van der Waals surface area contributed by atoms with Crippen molar-refractivity contribution in [1.82, 2.24) is 19.3 Å². The average molecular weight is 509 g/mol. The Morgan fingerprint density at radius 2 is 1.93 bits per heavy atom. The van der Waals surface area contributed by atoms with E-state index in [2.05, 4.69) is 53.9 Å². The van der Waals surface area contributed by atoms with Gasteiger partial charge in [0, 0.05) is 41.5 Å². The summed E-state index contributed by atoms with van der Waals surface area (Å²) in [6.45, 7) is 1.65. The Bertz CT molecular complexity index is 1180. The Hall–Kier alpha value is -1.72. The van der Waals surface area contributed by atoms with Crippen LogP contribution < -0.4 is 9.62 Å². The maximum absolute atomic E-state index is 11.5. The molecule has 2 aliphatic rings. The van der Waals surface area contributed by atoms with Gasteiger partial charge < -0.3 is 9.47 Å². The quantitative estimate of drug-likeness (QED) is 0.546. The molecule has 0 amide bonds. The van der Waals surface area contributed by atoms with Crippen LogP contribution in [0.2, 0.25) is 0 Å². The van der Waals surface area contributed by atoms with Gasteiger partial charge in [-0.15, -0.1) is 0 Å². The molecule has 3 atom stereocenters. The molecule has 9 heteroatoms. The van der Waals surface area contributed by atoms with Crippen LogP contribution in [0.4, 0.5) is 5.82 Å². The van der Waals surface area contributed by atoms with Crippen LogP contribution in [-0.2, 0) is 17.1 Å². The number of nitrogens with one attached hydrogen (secondary N) is 1. The summed E-state index contributed by atoms with van der Waals surface area (Å²) in [5, 5.41) is 0. The number of halogens is 1. The summed E-state index contributed by atoms with van der Waals surface area (Å²) in [6.07, 6.45) is 3.11. The van der Waals surface area contributed by atoms with E-state index in [4.69, 9.17) is 4.98 Å². The number of anilines is 1. The lowest BCUT2D eigenvalue weighted by Gasteiger charge is -2.22. The van der Waals surface area contributed by atoms with E-state index in [1.807, 2.05) is 31.4 Å². The van der Waals surface area contributed by atoms with E-state index in [0.29, 0.717) is 11.8 Å². The third kappa shape index (κ3) is 3.09. The van der Waals surface area contributed by atoms with Gasteiger partial charge in [-0.05, 0) is 52.6 Å². The second-order valence-corrected chi connectivity index (χ2v) is 10.6. The average Bonchev–Trinajstić information content (AvgIpc) is 2.99. The SMILES string of the molecule is Cn1c(-c2cc(N3C[C@@H]4C(NS(C)(=O)=O)[C@@H]4C3)ncc2I)nc2ccccc21. The van der Waals surface area contributed by atoms with Crippen LogP contribution in [0.5, 0.6) is 0 Å². The minimum atomic E-state index is -3.15. The maximum Gasteiger partial charge on any atom is 0.208 e. The molecule has 3 heterocycles. The van der Waals surface area contributed by atoms with E-state index in [-0.39, 0.29) is 6.04 Å². The molecule has 3 aromatic rings. The molecule has 1 aliphatic carbocycles. The number of aryl methyl sites for hydroxylation is 1. The van der Waals surface area contributed by atoms with Crippen LogP contribution >= 0.6 is 22.6 Å².